The molecular weight excluding hydrogens is 266 g/mol. The van der Waals surface area contributed by atoms with Crippen molar-refractivity contribution < 1.29 is 15.0 Å². The van der Waals surface area contributed by atoms with Crippen molar-refractivity contribution >= 4 is 11.6 Å². The highest BCUT2D eigenvalue weighted by Gasteiger charge is 2.48. The number of phenols is 1. The lowest BCUT2D eigenvalue weighted by Crippen LogP contribution is -2.35. The average Bonchev–Trinajstić information content (AvgIpc) is 2.71. The molecule has 0 saturated carbocycles. The minimum Gasteiger partial charge on any atom is -0.508 e. The van der Waals surface area contributed by atoms with Gasteiger partial charge in [0.15, 0.2) is 5.60 Å². The molecule has 21 heavy (non-hydrogen) atoms. The van der Waals surface area contributed by atoms with Gasteiger partial charge in [0.2, 0.25) is 0 Å². The van der Waals surface area contributed by atoms with Crippen LogP contribution in [0.2, 0.25) is 0 Å². The zero-order valence-corrected chi connectivity index (χ0v) is 11.9. The topological polar surface area (TPSA) is 69.6 Å². The standard InChI is InChI=1S/C17H17NO3/c1-10(2)11-7-8-13(15(19)9-11)17(21)12-5-3-4-6-14(12)18-16(17)20/h3-10,19,21H,1-2H3,(H,18,20)/t17-/m0/s1. The number of carbonyl (C=O) groups is 1. The van der Waals surface area contributed by atoms with Crippen LogP contribution in [-0.2, 0) is 10.4 Å². The number of aliphatic hydroxyl groups is 1. The second kappa shape index (κ2) is 4.60. The SMILES string of the molecule is CC(C)c1ccc([C@]2(O)C(=O)Nc3ccccc32)c(O)c1. The summed E-state index contributed by atoms with van der Waals surface area (Å²) in [6.45, 7) is 4.03. The van der Waals surface area contributed by atoms with Crippen LogP contribution in [0.1, 0.15) is 36.5 Å². The van der Waals surface area contributed by atoms with Gasteiger partial charge in [-0.1, -0.05) is 44.2 Å². The first-order valence-corrected chi connectivity index (χ1v) is 6.91. The summed E-state index contributed by atoms with van der Waals surface area (Å²) >= 11 is 0. The summed E-state index contributed by atoms with van der Waals surface area (Å²) in [4.78, 5) is 12.3. The Bertz CT molecular complexity index is 724. The van der Waals surface area contributed by atoms with E-state index in [2.05, 4.69) is 5.32 Å². The van der Waals surface area contributed by atoms with Gasteiger partial charge in [-0.15, -0.1) is 0 Å². The molecule has 0 radical (unpaired) electrons. The van der Waals surface area contributed by atoms with Gasteiger partial charge in [-0.3, -0.25) is 4.79 Å². The molecule has 0 aliphatic carbocycles. The highest BCUT2D eigenvalue weighted by molar-refractivity contribution is 6.07. The molecule has 4 heteroatoms. The molecule has 0 fully saturated rings. The number of hydrogen-bond acceptors (Lipinski definition) is 3. The predicted octanol–water partition coefficient (Wildman–Crippen LogP) is 2.70. The van der Waals surface area contributed by atoms with Crippen LogP contribution in [0.5, 0.6) is 5.75 Å². The maximum Gasteiger partial charge on any atom is 0.266 e. The fraction of sp³-hybridized carbons (Fsp3) is 0.235. The Morgan fingerprint density at radius 3 is 2.48 bits per heavy atom. The number of hydrogen-bond donors (Lipinski definition) is 3. The van der Waals surface area contributed by atoms with Crippen LogP contribution in [0.25, 0.3) is 0 Å². The van der Waals surface area contributed by atoms with Crippen molar-refractivity contribution in [3.05, 3.63) is 59.2 Å². The van der Waals surface area contributed by atoms with Gasteiger partial charge in [0.1, 0.15) is 5.75 Å². The van der Waals surface area contributed by atoms with E-state index in [1.54, 1.807) is 36.4 Å². The van der Waals surface area contributed by atoms with Gasteiger partial charge in [-0.25, -0.2) is 0 Å². The van der Waals surface area contributed by atoms with E-state index in [4.69, 9.17) is 0 Å². The molecule has 4 nitrogen and oxygen atoms in total. The molecule has 3 N–H and O–H groups in total. The second-order valence-electron chi connectivity index (χ2n) is 5.64. The second-order valence-corrected chi connectivity index (χ2v) is 5.64. The summed E-state index contributed by atoms with van der Waals surface area (Å²) in [5.41, 5.74) is 0.330. The first kappa shape index (κ1) is 13.6. The van der Waals surface area contributed by atoms with Crippen molar-refractivity contribution in [3.63, 3.8) is 0 Å². The van der Waals surface area contributed by atoms with Gasteiger partial charge in [0, 0.05) is 16.8 Å². The van der Waals surface area contributed by atoms with Crippen molar-refractivity contribution in [3.8, 4) is 5.75 Å². The van der Waals surface area contributed by atoms with Crippen molar-refractivity contribution in [1.29, 1.82) is 0 Å². The van der Waals surface area contributed by atoms with E-state index in [-0.39, 0.29) is 17.2 Å². The molecule has 0 unspecified atom stereocenters. The van der Waals surface area contributed by atoms with Gasteiger partial charge in [0.05, 0.1) is 0 Å². The van der Waals surface area contributed by atoms with Crippen molar-refractivity contribution in [1.82, 2.24) is 0 Å². The quantitative estimate of drug-likeness (QED) is 0.793. The number of amides is 1. The van der Waals surface area contributed by atoms with E-state index in [0.717, 1.165) is 5.56 Å². The molecule has 0 aromatic heterocycles. The summed E-state index contributed by atoms with van der Waals surface area (Å²) < 4.78 is 0. The number of aromatic hydroxyl groups is 1. The molecule has 0 spiro atoms. The van der Waals surface area contributed by atoms with Crippen LogP contribution in [0.4, 0.5) is 5.69 Å². The van der Waals surface area contributed by atoms with Gasteiger partial charge in [-0.2, -0.15) is 0 Å². The fourth-order valence-corrected chi connectivity index (χ4v) is 2.72. The summed E-state index contributed by atoms with van der Waals surface area (Å²) in [5.74, 6) is -0.365. The Hall–Kier alpha value is -2.33. The van der Waals surface area contributed by atoms with Crippen molar-refractivity contribution in [2.45, 2.75) is 25.4 Å². The molecule has 3 rings (SSSR count). The Morgan fingerprint density at radius 1 is 1.10 bits per heavy atom. The number of phenolic OH excluding ortho intramolecular Hbond substituents is 1. The van der Waals surface area contributed by atoms with Crippen LogP contribution in [0.3, 0.4) is 0 Å². The number of carbonyl (C=O) groups excluding carboxylic acids is 1. The fourth-order valence-electron chi connectivity index (χ4n) is 2.72. The lowest BCUT2D eigenvalue weighted by atomic mass is 9.85. The summed E-state index contributed by atoms with van der Waals surface area (Å²) in [5, 5.41) is 23.8. The van der Waals surface area contributed by atoms with E-state index in [9.17, 15) is 15.0 Å². The summed E-state index contributed by atoms with van der Waals surface area (Å²) in [7, 11) is 0. The minimum atomic E-state index is -1.85. The molecular formula is C17H17NO3. The highest BCUT2D eigenvalue weighted by Crippen LogP contribution is 2.44. The monoisotopic (exact) mass is 283 g/mol. The third-order valence-electron chi connectivity index (χ3n) is 3.97. The highest BCUT2D eigenvalue weighted by atomic mass is 16.3. The third-order valence-corrected chi connectivity index (χ3v) is 3.97. The van der Waals surface area contributed by atoms with Crippen LogP contribution < -0.4 is 5.32 Å². The lowest BCUT2D eigenvalue weighted by molar-refractivity contribution is -0.129. The summed E-state index contributed by atoms with van der Waals surface area (Å²) in [6.07, 6.45) is 0. The maximum atomic E-state index is 12.3. The minimum absolute atomic E-state index is 0.0736. The van der Waals surface area contributed by atoms with E-state index >= 15 is 0 Å². The van der Waals surface area contributed by atoms with Crippen LogP contribution in [0.15, 0.2) is 42.5 Å². The Balaban J connectivity index is 2.18. The van der Waals surface area contributed by atoms with Crippen LogP contribution in [-0.4, -0.2) is 16.1 Å². The number of para-hydroxylation sites is 1. The van der Waals surface area contributed by atoms with Gasteiger partial charge in [0.25, 0.3) is 5.91 Å². The maximum absolute atomic E-state index is 12.3. The molecule has 2 aromatic carbocycles. The predicted molar refractivity (Wildman–Crippen MR) is 80.3 cm³/mol. The lowest BCUT2D eigenvalue weighted by Gasteiger charge is -2.23. The molecule has 1 amide bonds. The van der Waals surface area contributed by atoms with Crippen LogP contribution in [0, 0.1) is 0 Å². The zero-order valence-electron chi connectivity index (χ0n) is 11.9. The first-order chi connectivity index (χ1) is 9.94. The van der Waals surface area contributed by atoms with Gasteiger partial charge < -0.3 is 15.5 Å². The van der Waals surface area contributed by atoms with Crippen molar-refractivity contribution in [2.24, 2.45) is 0 Å². The Morgan fingerprint density at radius 2 is 1.81 bits per heavy atom. The van der Waals surface area contributed by atoms with E-state index in [1.807, 2.05) is 19.9 Å². The van der Waals surface area contributed by atoms with E-state index in [0.29, 0.717) is 11.3 Å². The normalized spacial score (nSPS) is 20.5. The van der Waals surface area contributed by atoms with Crippen LogP contribution >= 0.6 is 0 Å². The van der Waals surface area contributed by atoms with Crippen molar-refractivity contribution in [2.75, 3.05) is 5.32 Å². The molecule has 0 bridgehead atoms. The number of anilines is 1. The van der Waals surface area contributed by atoms with E-state index in [1.165, 1.54) is 0 Å². The zero-order chi connectivity index (χ0) is 15.2. The van der Waals surface area contributed by atoms with E-state index < -0.39 is 11.5 Å². The number of nitrogens with one attached hydrogen (secondary N) is 1. The third kappa shape index (κ3) is 1.91. The van der Waals surface area contributed by atoms with Gasteiger partial charge >= 0.3 is 0 Å². The molecule has 108 valence electrons. The summed E-state index contributed by atoms with van der Waals surface area (Å²) in [6, 6.07) is 12.0. The molecule has 2 aromatic rings. The average molecular weight is 283 g/mol. The largest absolute Gasteiger partial charge is 0.508 e. The van der Waals surface area contributed by atoms with Gasteiger partial charge in [-0.05, 0) is 23.6 Å². The molecule has 1 aliphatic heterocycles. The Kier molecular flexibility index (Phi) is 2.99. The number of fused-ring (bicyclic) bond motifs is 1. The molecule has 1 heterocycles. The first-order valence-electron chi connectivity index (χ1n) is 6.91. The molecule has 0 saturated heterocycles. The number of rotatable bonds is 2. The Labute approximate surface area is 123 Å². The molecule has 1 aliphatic rings. The number of benzene rings is 2. The molecule has 1 atom stereocenters. The smallest absolute Gasteiger partial charge is 0.266 e.